The van der Waals surface area contributed by atoms with Gasteiger partial charge in [-0.3, -0.25) is 0 Å². The van der Waals surface area contributed by atoms with Crippen LogP contribution in [0.15, 0.2) is 60.7 Å². The Morgan fingerprint density at radius 3 is 1.26 bits per heavy atom. The van der Waals surface area contributed by atoms with Gasteiger partial charge in [0.05, 0.1) is 0 Å². The van der Waals surface area contributed by atoms with Crippen molar-refractivity contribution >= 4 is 8.25 Å². The minimum Gasteiger partial charge on any atom is -0.463 e. The summed E-state index contributed by atoms with van der Waals surface area (Å²) in [5, 5.41) is 0. The smallest absolute Gasteiger partial charge is 0.463 e. The summed E-state index contributed by atoms with van der Waals surface area (Å²) in [6.07, 6.45) is 1.37. The van der Waals surface area contributed by atoms with E-state index < -0.39 is 8.25 Å². The van der Waals surface area contributed by atoms with Gasteiger partial charge in [-0.05, 0) is 144 Å². The lowest BCUT2D eigenvalue weighted by Gasteiger charge is -2.15. The Bertz CT molecular complexity index is 1530. The van der Waals surface area contributed by atoms with Gasteiger partial charge in [0, 0.05) is 4.57 Å². The van der Waals surface area contributed by atoms with E-state index in [0.29, 0.717) is 35.5 Å². The molecule has 0 spiro atoms. The van der Waals surface area contributed by atoms with Crippen molar-refractivity contribution in [2.24, 2.45) is 0 Å². The summed E-state index contributed by atoms with van der Waals surface area (Å²) in [7, 11) is -2.47. The Morgan fingerprint density at radius 1 is 0.587 bits per heavy atom. The van der Waals surface area contributed by atoms with Crippen molar-refractivity contribution in [3.8, 4) is 11.5 Å². The molecule has 0 aliphatic carbocycles. The van der Waals surface area contributed by atoms with Crippen LogP contribution in [0.5, 0.6) is 11.5 Å². The molecule has 0 saturated carbocycles. The standard InChI is InChI=1S/C38H44F2O5P/c1-23(2)33-17-29(9-11-37(33)39)19-35-25(5)13-31(14-26(35)6)42-21-44-46(41)45-22-43-32-15-27(7)36(28(8)16-32)20-30-10-12-38(40)34(18-30)24(3)4/h9-18,23-24H,19-22H2,1-8H3/q+1. The molecule has 244 valence electrons. The summed E-state index contributed by atoms with van der Waals surface area (Å²) in [5.74, 6) is 1.05. The van der Waals surface area contributed by atoms with Gasteiger partial charge in [-0.2, -0.15) is 0 Å². The molecule has 0 aliphatic rings. The molecule has 0 saturated heterocycles. The maximum Gasteiger partial charge on any atom is 0.704 e. The van der Waals surface area contributed by atoms with Crippen LogP contribution in [0, 0.1) is 39.3 Å². The van der Waals surface area contributed by atoms with Crippen molar-refractivity contribution in [2.45, 2.75) is 80.1 Å². The molecule has 0 aliphatic heterocycles. The van der Waals surface area contributed by atoms with E-state index in [1.165, 1.54) is 12.1 Å². The third kappa shape index (κ3) is 9.22. The van der Waals surface area contributed by atoms with Crippen LogP contribution in [0.3, 0.4) is 0 Å². The third-order valence-electron chi connectivity index (χ3n) is 8.23. The zero-order chi connectivity index (χ0) is 33.5. The molecule has 0 bridgehead atoms. The van der Waals surface area contributed by atoms with Gasteiger partial charge in [-0.15, -0.1) is 0 Å². The van der Waals surface area contributed by atoms with E-state index in [-0.39, 0.29) is 37.1 Å². The van der Waals surface area contributed by atoms with Crippen molar-refractivity contribution in [2.75, 3.05) is 13.6 Å². The highest BCUT2D eigenvalue weighted by atomic mass is 31.1. The molecule has 0 N–H and O–H groups in total. The minimum absolute atomic E-state index is 0.110. The summed E-state index contributed by atoms with van der Waals surface area (Å²) in [6, 6.07) is 18.2. The van der Waals surface area contributed by atoms with E-state index in [9.17, 15) is 13.3 Å². The van der Waals surface area contributed by atoms with Gasteiger partial charge in [-0.25, -0.2) is 8.78 Å². The summed E-state index contributed by atoms with van der Waals surface area (Å²) in [6.45, 7) is 15.5. The molecule has 0 atom stereocenters. The fourth-order valence-corrected chi connectivity index (χ4v) is 6.00. The van der Waals surface area contributed by atoms with Gasteiger partial charge in [0.25, 0.3) is 0 Å². The SMILES string of the molecule is Cc1cc(OCO[P+](=O)OCOc2cc(C)c(Cc3ccc(F)c(C(C)C)c3)c(C)c2)cc(C)c1Cc1ccc(F)c(C(C)C)c1. The molecule has 4 aromatic carbocycles. The van der Waals surface area contributed by atoms with Gasteiger partial charge in [-0.1, -0.05) is 61.0 Å². The van der Waals surface area contributed by atoms with Crippen LogP contribution in [-0.2, 0) is 26.5 Å². The van der Waals surface area contributed by atoms with Gasteiger partial charge in [0.1, 0.15) is 23.1 Å². The second-order valence-corrected chi connectivity index (χ2v) is 13.4. The number of rotatable bonds is 14. The Kier molecular flexibility index (Phi) is 12.1. The Balaban J connectivity index is 1.25. The molecule has 0 unspecified atom stereocenters. The third-order valence-corrected chi connectivity index (χ3v) is 8.87. The van der Waals surface area contributed by atoms with Gasteiger partial charge in [0.15, 0.2) is 0 Å². The molecule has 0 aromatic heterocycles. The molecule has 8 heteroatoms. The number of benzene rings is 4. The van der Waals surface area contributed by atoms with Crippen LogP contribution in [0.1, 0.15) is 95.2 Å². The molecule has 0 heterocycles. The number of halogens is 2. The number of hydrogen-bond donors (Lipinski definition) is 0. The lowest BCUT2D eigenvalue weighted by molar-refractivity contribution is 0.0696. The van der Waals surface area contributed by atoms with E-state index in [0.717, 1.165) is 44.5 Å². The topological polar surface area (TPSA) is 54.0 Å². The van der Waals surface area contributed by atoms with E-state index in [1.54, 1.807) is 0 Å². The molecule has 4 aromatic rings. The predicted octanol–water partition coefficient (Wildman–Crippen LogP) is 10.7. The number of hydrogen-bond acceptors (Lipinski definition) is 5. The van der Waals surface area contributed by atoms with E-state index in [4.69, 9.17) is 18.5 Å². The van der Waals surface area contributed by atoms with Crippen LogP contribution < -0.4 is 9.47 Å². The molecular weight excluding hydrogens is 605 g/mol. The average Bonchev–Trinajstić information content (AvgIpc) is 2.98. The number of aryl methyl sites for hydroxylation is 4. The van der Waals surface area contributed by atoms with Gasteiger partial charge >= 0.3 is 8.25 Å². The molecule has 0 fully saturated rings. The van der Waals surface area contributed by atoms with Crippen molar-refractivity contribution in [3.63, 3.8) is 0 Å². The summed E-state index contributed by atoms with van der Waals surface area (Å²) in [5.41, 5.74) is 9.98. The lowest BCUT2D eigenvalue weighted by atomic mass is 9.93. The first-order valence-electron chi connectivity index (χ1n) is 15.6. The summed E-state index contributed by atoms with van der Waals surface area (Å²) >= 11 is 0. The first kappa shape index (κ1) is 35.2. The molecule has 0 amide bonds. The maximum atomic E-state index is 14.2. The van der Waals surface area contributed by atoms with Crippen LogP contribution in [0.25, 0.3) is 0 Å². The normalized spacial score (nSPS) is 11.4. The van der Waals surface area contributed by atoms with Crippen molar-refractivity contribution in [1.82, 2.24) is 0 Å². The van der Waals surface area contributed by atoms with Crippen LogP contribution >= 0.6 is 8.25 Å². The monoisotopic (exact) mass is 649 g/mol. The Labute approximate surface area is 272 Å². The fourth-order valence-electron chi connectivity index (χ4n) is 5.64. The van der Waals surface area contributed by atoms with Crippen LogP contribution in [-0.4, -0.2) is 13.6 Å². The van der Waals surface area contributed by atoms with Gasteiger partial charge < -0.3 is 9.47 Å². The fraction of sp³-hybridized carbons (Fsp3) is 0.368. The lowest BCUT2D eigenvalue weighted by Crippen LogP contribution is -2.04. The second kappa shape index (κ2) is 15.8. The average molecular weight is 650 g/mol. The van der Waals surface area contributed by atoms with Crippen molar-refractivity contribution in [1.29, 1.82) is 0 Å². The molecule has 5 nitrogen and oxygen atoms in total. The predicted molar refractivity (Wildman–Crippen MR) is 179 cm³/mol. The largest absolute Gasteiger partial charge is 0.704 e. The highest BCUT2D eigenvalue weighted by Crippen LogP contribution is 2.30. The van der Waals surface area contributed by atoms with E-state index in [2.05, 4.69) is 0 Å². The van der Waals surface area contributed by atoms with E-state index >= 15 is 0 Å². The first-order valence-corrected chi connectivity index (χ1v) is 16.7. The summed E-state index contributed by atoms with van der Waals surface area (Å²) < 4.78 is 62.5. The van der Waals surface area contributed by atoms with Gasteiger partial charge in [0.2, 0.25) is 13.6 Å². The molecule has 4 rings (SSSR count). The summed E-state index contributed by atoms with van der Waals surface area (Å²) in [4.78, 5) is 0. The van der Waals surface area contributed by atoms with E-state index in [1.807, 2.05) is 104 Å². The highest BCUT2D eigenvalue weighted by molar-refractivity contribution is 7.33. The zero-order valence-electron chi connectivity index (χ0n) is 28.0. The second-order valence-electron chi connectivity index (χ2n) is 12.5. The molecular formula is C38H44F2O5P+. The first-order chi connectivity index (χ1) is 21.8. The Morgan fingerprint density at radius 2 is 0.935 bits per heavy atom. The molecule has 0 radical (unpaired) electrons. The van der Waals surface area contributed by atoms with Crippen LogP contribution in [0.2, 0.25) is 0 Å². The van der Waals surface area contributed by atoms with Crippen molar-refractivity contribution in [3.05, 3.63) is 128 Å². The molecule has 46 heavy (non-hydrogen) atoms. The number of ether oxygens (including phenoxy) is 2. The van der Waals surface area contributed by atoms with Crippen molar-refractivity contribution < 1.29 is 31.9 Å². The highest BCUT2D eigenvalue weighted by Gasteiger charge is 2.22. The van der Waals surface area contributed by atoms with Crippen LogP contribution in [0.4, 0.5) is 8.78 Å². The maximum absolute atomic E-state index is 14.2. The Hall–Kier alpha value is -3.64. The minimum atomic E-state index is -2.47. The zero-order valence-corrected chi connectivity index (χ0v) is 28.9. The quantitative estimate of drug-likeness (QED) is 0.101.